The smallest absolute Gasteiger partial charge is 0.205 e. The van der Waals surface area contributed by atoms with Crippen molar-refractivity contribution >= 4 is 16.5 Å². The molecule has 0 radical (unpaired) electrons. The first-order valence-corrected chi connectivity index (χ1v) is 6.97. The maximum absolute atomic E-state index is 13.4. The number of nitrogens with zero attached hydrogens (tertiary/aromatic N) is 2. The second-order valence-corrected chi connectivity index (χ2v) is 5.87. The van der Waals surface area contributed by atoms with Crippen LogP contribution >= 0.6 is 11.3 Å². The van der Waals surface area contributed by atoms with E-state index in [-0.39, 0.29) is 12.1 Å². The first-order valence-electron chi connectivity index (χ1n) is 6.15. The van der Waals surface area contributed by atoms with Gasteiger partial charge in [0.25, 0.3) is 0 Å². The largest absolute Gasteiger partial charge is 0.356 e. The fraction of sp³-hybridized carbons (Fsp3) is 0.385. The number of halogens is 3. The van der Waals surface area contributed by atoms with Crippen LogP contribution < -0.4 is 5.32 Å². The molecule has 1 aromatic heterocycles. The monoisotopic (exact) mass is 301 g/mol. The van der Waals surface area contributed by atoms with E-state index in [9.17, 15) is 13.2 Å². The summed E-state index contributed by atoms with van der Waals surface area (Å²) in [6, 6.07) is 1.38. The van der Waals surface area contributed by atoms with Gasteiger partial charge in [0.1, 0.15) is 10.8 Å². The fourth-order valence-corrected chi connectivity index (χ4v) is 2.57. The molecule has 0 unspecified atom stereocenters. The molecule has 0 atom stereocenters. The SMILES string of the molecule is CC(C)Cc1nnc(NCc2cc(F)c(F)cc2F)s1. The Balaban J connectivity index is 2.02. The van der Waals surface area contributed by atoms with Crippen LogP contribution in [0.1, 0.15) is 24.4 Å². The quantitative estimate of drug-likeness (QED) is 0.854. The van der Waals surface area contributed by atoms with Crippen LogP contribution in [0.25, 0.3) is 0 Å². The lowest BCUT2D eigenvalue weighted by atomic mass is 10.1. The van der Waals surface area contributed by atoms with E-state index >= 15 is 0 Å². The van der Waals surface area contributed by atoms with E-state index in [1.165, 1.54) is 11.3 Å². The lowest BCUT2D eigenvalue weighted by Gasteiger charge is -2.04. The van der Waals surface area contributed by atoms with Crippen LogP contribution in [0.3, 0.4) is 0 Å². The lowest BCUT2D eigenvalue weighted by molar-refractivity contribution is 0.490. The molecule has 1 heterocycles. The standard InChI is InChI=1S/C13H14F3N3S/c1-7(2)3-12-18-19-13(20-12)17-6-8-4-10(15)11(16)5-9(8)14/h4-5,7H,3,6H2,1-2H3,(H,17,19). The fourth-order valence-electron chi connectivity index (χ4n) is 1.63. The van der Waals surface area contributed by atoms with Gasteiger partial charge in [-0.05, 0) is 12.0 Å². The van der Waals surface area contributed by atoms with Crippen molar-refractivity contribution in [3.05, 3.63) is 40.2 Å². The van der Waals surface area contributed by atoms with E-state index in [1.54, 1.807) is 0 Å². The number of anilines is 1. The van der Waals surface area contributed by atoms with Crippen molar-refractivity contribution in [1.82, 2.24) is 10.2 Å². The maximum Gasteiger partial charge on any atom is 0.205 e. The third-order valence-electron chi connectivity index (χ3n) is 2.57. The molecule has 0 bridgehead atoms. The third kappa shape index (κ3) is 3.69. The van der Waals surface area contributed by atoms with Crippen molar-refractivity contribution in [2.45, 2.75) is 26.8 Å². The molecule has 2 rings (SSSR count). The van der Waals surface area contributed by atoms with Crippen molar-refractivity contribution in [2.24, 2.45) is 5.92 Å². The molecule has 2 aromatic rings. The molecule has 7 heteroatoms. The Morgan fingerprint density at radius 2 is 1.80 bits per heavy atom. The molecule has 1 N–H and O–H groups in total. The molecule has 0 saturated carbocycles. The highest BCUT2D eigenvalue weighted by molar-refractivity contribution is 7.15. The molecule has 0 fully saturated rings. The first-order chi connectivity index (χ1) is 9.45. The molecule has 0 aliphatic carbocycles. The van der Waals surface area contributed by atoms with Crippen LogP contribution in [0, 0.1) is 23.4 Å². The minimum atomic E-state index is -1.19. The van der Waals surface area contributed by atoms with Gasteiger partial charge in [0.05, 0.1) is 0 Å². The van der Waals surface area contributed by atoms with Gasteiger partial charge in [-0.2, -0.15) is 0 Å². The molecule has 0 saturated heterocycles. The van der Waals surface area contributed by atoms with Crippen LogP contribution in [0.4, 0.5) is 18.3 Å². The third-order valence-corrected chi connectivity index (χ3v) is 3.47. The summed E-state index contributed by atoms with van der Waals surface area (Å²) in [5, 5.41) is 12.2. The van der Waals surface area contributed by atoms with Crippen LogP contribution in [-0.4, -0.2) is 10.2 Å². The van der Waals surface area contributed by atoms with Crippen molar-refractivity contribution in [2.75, 3.05) is 5.32 Å². The normalized spacial score (nSPS) is 11.1. The van der Waals surface area contributed by atoms with Crippen molar-refractivity contribution in [1.29, 1.82) is 0 Å². The molecule has 20 heavy (non-hydrogen) atoms. The van der Waals surface area contributed by atoms with Crippen LogP contribution in [-0.2, 0) is 13.0 Å². The van der Waals surface area contributed by atoms with Crippen LogP contribution in [0.2, 0.25) is 0 Å². The van der Waals surface area contributed by atoms with Crippen LogP contribution in [0.5, 0.6) is 0 Å². The summed E-state index contributed by atoms with van der Waals surface area (Å²) in [4.78, 5) is 0. The van der Waals surface area contributed by atoms with Gasteiger partial charge >= 0.3 is 0 Å². The number of rotatable bonds is 5. The Hall–Kier alpha value is -1.63. The minimum absolute atomic E-state index is 0.0271. The number of aromatic nitrogens is 2. The highest BCUT2D eigenvalue weighted by atomic mass is 32.1. The van der Waals surface area contributed by atoms with Gasteiger partial charge < -0.3 is 5.32 Å². The van der Waals surface area contributed by atoms with Crippen LogP contribution in [0.15, 0.2) is 12.1 Å². The van der Waals surface area contributed by atoms with Gasteiger partial charge in [-0.3, -0.25) is 0 Å². The molecule has 1 aromatic carbocycles. The molecule has 0 spiro atoms. The summed E-state index contributed by atoms with van der Waals surface area (Å²) in [5.74, 6) is -2.58. The van der Waals surface area contributed by atoms with E-state index in [4.69, 9.17) is 0 Å². The van der Waals surface area contributed by atoms with Crippen molar-refractivity contribution in [3.63, 3.8) is 0 Å². The van der Waals surface area contributed by atoms with Gasteiger partial charge in [0, 0.05) is 24.6 Å². The second kappa shape index (κ2) is 6.21. The first kappa shape index (κ1) is 14.8. The topological polar surface area (TPSA) is 37.8 Å². The zero-order chi connectivity index (χ0) is 14.7. The van der Waals surface area contributed by atoms with Gasteiger partial charge in [-0.1, -0.05) is 25.2 Å². The Morgan fingerprint density at radius 1 is 1.10 bits per heavy atom. The van der Waals surface area contributed by atoms with E-state index in [0.717, 1.165) is 17.5 Å². The van der Waals surface area contributed by atoms with Gasteiger partial charge in [-0.15, -0.1) is 10.2 Å². The van der Waals surface area contributed by atoms with E-state index in [0.29, 0.717) is 17.1 Å². The average Bonchev–Trinajstić information content (AvgIpc) is 2.79. The summed E-state index contributed by atoms with van der Waals surface area (Å²) in [5.41, 5.74) is 0.0458. The summed E-state index contributed by atoms with van der Waals surface area (Å²) >= 11 is 1.37. The molecule has 3 nitrogen and oxygen atoms in total. The second-order valence-electron chi connectivity index (χ2n) is 4.81. The summed E-state index contributed by atoms with van der Waals surface area (Å²) in [6.45, 7) is 4.18. The molecule has 0 aliphatic rings. The van der Waals surface area contributed by atoms with E-state index < -0.39 is 17.5 Å². The summed E-state index contributed by atoms with van der Waals surface area (Å²) in [7, 11) is 0. The molecular weight excluding hydrogens is 287 g/mol. The predicted octanol–water partition coefficient (Wildman–Crippen LogP) is 3.77. The zero-order valence-corrected chi connectivity index (χ0v) is 11.9. The number of benzene rings is 1. The van der Waals surface area contributed by atoms with E-state index in [2.05, 4.69) is 29.4 Å². The Kier molecular flexibility index (Phi) is 4.59. The number of nitrogens with one attached hydrogen (secondary N) is 1. The molecule has 108 valence electrons. The summed E-state index contributed by atoms with van der Waals surface area (Å²) < 4.78 is 39.3. The maximum atomic E-state index is 13.4. The zero-order valence-electron chi connectivity index (χ0n) is 11.1. The Morgan fingerprint density at radius 3 is 2.50 bits per heavy atom. The number of hydrogen-bond donors (Lipinski definition) is 1. The van der Waals surface area contributed by atoms with Crippen molar-refractivity contribution < 1.29 is 13.2 Å². The summed E-state index contributed by atoms with van der Waals surface area (Å²) in [6.07, 6.45) is 0.818. The number of hydrogen-bond acceptors (Lipinski definition) is 4. The highest BCUT2D eigenvalue weighted by Crippen LogP contribution is 2.20. The lowest BCUT2D eigenvalue weighted by Crippen LogP contribution is -2.03. The van der Waals surface area contributed by atoms with E-state index in [1.807, 2.05) is 0 Å². The predicted molar refractivity (Wildman–Crippen MR) is 72.1 cm³/mol. The molecule has 0 amide bonds. The Labute approximate surface area is 118 Å². The Bertz CT molecular complexity index is 599. The highest BCUT2D eigenvalue weighted by Gasteiger charge is 2.11. The minimum Gasteiger partial charge on any atom is -0.356 e. The van der Waals surface area contributed by atoms with Gasteiger partial charge in [-0.25, -0.2) is 13.2 Å². The van der Waals surface area contributed by atoms with Gasteiger partial charge in [0.15, 0.2) is 11.6 Å². The molecular formula is C13H14F3N3S. The average molecular weight is 301 g/mol. The van der Waals surface area contributed by atoms with Crippen molar-refractivity contribution in [3.8, 4) is 0 Å². The molecule has 0 aliphatic heterocycles. The van der Waals surface area contributed by atoms with Gasteiger partial charge in [0.2, 0.25) is 5.13 Å².